The van der Waals surface area contributed by atoms with Crippen molar-refractivity contribution in [2.75, 3.05) is 32.7 Å². The van der Waals surface area contributed by atoms with Gasteiger partial charge in [0, 0.05) is 84.9 Å². The number of non-ortho nitro benzene ring substituents is 1. The van der Waals surface area contributed by atoms with E-state index >= 15 is 0 Å². The van der Waals surface area contributed by atoms with Gasteiger partial charge in [-0.3, -0.25) is 43.7 Å². The number of aryl methyl sites for hydroxylation is 1. The number of hydrogen-bond acceptors (Lipinski definition) is 11. The van der Waals surface area contributed by atoms with Gasteiger partial charge in [0.2, 0.25) is 23.6 Å². The lowest BCUT2D eigenvalue weighted by molar-refractivity contribution is -0.385. The zero-order chi connectivity index (χ0) is 73.9. The van der Waals surface area contributed by atoms with Gasteiger partial charge in [0.15, 0.2) is 5.78 Å². The molecule has 0 aromatic heterocycles. The van der Waals surface area contributed by atoms with E-state index in [1.807, 2.05) is 22.6 Å². The molecule has 8 rings (SSSR count). The Hall–Kier alpha value is -8.79. The summed E-state index contributed by atoms with van der Waals surface area (Å²) >= 11 is 6.14. The molecule has 0 bridgehead atoms. The molecule has 1 aliphatic rings. The number of aliphatic carboxylic acids is 2. The third kappa shape index (κ3) is 34.7. The van der Waals surface area contributed by atoms with Crippen molar-refractivity contribution in [1.82, 2.24) is 0 Å². The van der Waals surface area contributed by atoms with Crippen LogP contribution in [0.3, 0.4) is 0 Å². The van der Waals surface area contributed by atoms with Gasteiger partial charge in [-0.1, -0.05) is 61.4 Å². The maximum atomic E-state index is 13.7. The van der Waals surface area contributed by atoms with E-state index in [9.17, 15) is 74.4 Å². The lowest BCUT2D eigenvalue weighted by Crippen LogP contribution is -2.18. The second-order valence-electron chi connectivity index (χ2n) is 21.2. The van der Waals surface area contributed by atoms with Gasteiger partial charge in [-0.25, -0.2) is 30.7 Å². The Bertz CT molecular complexity index is 3940. The minimum atomic E-state index is -0.956. The van der Waals surface area contributed by atoms with Crippen molar-refractivity contribution < 1.29 is 79.4 Å². The number of nitro benzene ring substituents is 1. The van der Waals surface area contributed by atoms with Crippen LogP contribution in [0.1, 0.15) is 157 Å². The van der Waals surface area contributed by atoms with Gasteiger partial charge in [0.05, 0.1) is 29.5 Å². The van der Waals surface area contributed by atoms with Gasteiger partial charge in [-0.15, -0.1) is 0 Å². The fraction of sp³-hybridized carbons (Fsp3) is 0.284. The SMILES string of the molecule is C.C.C.C.C.CC(=O)Nc1cc(F)c(C)c(/C=C\CC(=O)O)c1.CC(=O)Nc1cc(F)c(C)c(/C=C\CC(=O)O)c1.CC(=O)Nc1cc(F)c(C)c(I)c1.CC(=O)Nc1cc(F)c(C)c2c1C(=O)CCC2.Cc1c(F)cc(N)cc1I.Cc1c(F)cc(N)cc1I.Cc1ccc([N+](=O)[O-])cc1F. The molecule has 28 heteroatoms. The molecule has 0 radical (unpaired) electrons. The smallest absolute Gasteiger partial charge is 0.307 e. The van der Waals surface area contributed by atoms with Gasteiger partial charge < -0.3 is 42.9 Å². The maximum Gasteiger partial charge on any atom is 0.307 e. The van der Waals surface area contributed by atoms with E-state index in [2.05, 4.69) is 66.4 Å². The van der Waals surface area contributed by atoms with E-state index in [0.29, 0.717) is 103 Å². The highest BCUT2D eigenvalue weighted by molar-refractivity contribution is 14.1. The third-order valence-corrected chi connectivity index (χ3v) is 16.6. The molecule has 0 saturated heterocycles. The first-order valence-corrected chi connectivity index (χ1v) is 32.0. The van der Waals surface area contributed by atoms with E-state index in [1.165, 1.54) is 101 Å². The monoisotopic (exact) mass is 1770 g/mol. The Morgan fingerprint density at radius 3 is 1.16 bits per heavy atom. The molecule has 7 aromatic rings. The van der Waals surface area contributed by atoms with Crippen LogP contribution in [0.15, 0.2) is 97.1 Å². The number of ketones is 1. The number of carboxylic acids is 2. The lowest BCUT2D eigenvalue weighted by Gasteiger charge is -2.21. The average molecular weight is 1770 g/mol. The van der Waals surface area contributed by atoms with Gasteiger partial charge in [0.25, 0.3) is 5.69 Å². The summed E-state index contributed by atoms with van der Waals surface area (Å²) in [5.74, 6) is -5.58. The molecule has 0 spiro atoms. The Kier molecular flexibility index (Phi) is 47.0. The number of benzene rings is 7. The number of amides is 4. The number of carboxylic acid groups (broad SMARTS) is 2. The van der Waals surface area contributed by atoms with Crippen LogP contribution in [0, 0.1) is 110 Å². The second kappa shape index (κ2) is 48.2. The Morgan fingerprint density at radius 1 is 0.480 bits per heavy atom. The first kappa shape index (κ1) is 99.6. The summed E-state index contributed by atoms with van der Waals surface area (Å²) in [6.45, 7) is 17.0. The molecule has 558 valence electrons. The van der Waals surface area contributed by atoms with Crippen molar-refractivity contribution in [2.24, 2.45) is 0 Å². The Morgan fingerprint density at radius 2 is 0.824 bits per heavy atom. The molecule has 0 saturated carbocycles. The molecule has 102 heavy (non-hydrogen) atoms. The van der Waals surface area contributed by atoms with Crippen LogP contribution in [0.4, 0.5) is 70.5 Å². The topological polar surface area (TPSA) is 303 Å². The van der Waals surface area contributed by atoms with Crippen molar-refractivity contribution in [3.05, 3.63) is 220 Å². The maximum absolute atomic E-state index is 13.7. The largest absolute Gasteiger partial charge is 0.481 e. The fourth-order valence-electron chi connectivity index (χ4n) is 8.09. The molecule has 0 unspecified atom stereocenters. The van der Waals surface area contributed by atoms with Crippen molar-refractivity contribution in [1.29, 1.82) is 0 Å². The van der Waals surface area contributed by atoms with Crippen LogP contribution in [0.2, 0.25) is 0 Å². The molecule has 0 heterocycles. The number of nitrogen functional groups attached to an aromatic ring is 2. The summed E-state index contributed by atoms with van der Waals surface area (Å²) in [6, 6.07) is 19.7. The Labute approximate surface area is 633 Å². The van der Waals surface area contributed by atoms with Crippen molar-refractivity contribution >= 4 is 161 Å². The van der Waals surface area contributed by atoms with Crippen molar-refractivity contribution in [3.63, 3.8) is 0 Å². The van der Waals surface area contributed by atoms with Gasteiger partial charge in [-0.05, 0) is 258 Å². The molecule has 18 nitrogen and oxygen atoms in total. The van der Waals surface area contributed by atoms with Gasteiger partial charge >= 0.3 is 11.9 Å². The normalized spacial score (nSPS) is 10.4. The first-order chi connectivity index (χ1) is 45.1. The molecule has 10 N–H and O–H groups in total. The molecule has 0 fully saturated rings. The van der Waals surface area contributed by atoms with E-state index in [-0.39, 0.29) is 108 Å². The predicted octanol–water partition coefficient (Wildman–Crippen LogP) is 20.3. The zero-order valence-electron chi connectivity index (χ0n) is 54.4. The number of Topliss-reactive ketones (excluding diaryl/α,β-unsaturated/α-hetero) is 1. The number of nitrogens with two attached hydrogens (primary N) is 2. The zero-order valence-corrected chi connectivity index (χ0v) is 60.9. The predicted molar refractivity (Wildman–Crippen MR) is 422 cm³/mol. The number of carbonyl (C=O) groups is 7. The third-order valence-electron chi connectivity index (χ3n) is 13.2. The molecule has 7 aromatic carbocycles. The summed E-state index contributed by atoms with van der Waals surface area (Å²) in [4.78, 5) is 85.6. The molecule has 0 atom stereocenters. The van der Waals surface area contributed by atoms with E-state index in [0.717, 1.165) is 28.8 Å². The number of hydrogen-bond donors (Lipinski definition) is 8. The molecular formula is C74H91F7I3N7O11. The first-order valence-electron chi connectivity index (χ1n) is 28.7. The van der Waals surface area contributed by atoms with Gasteiger partial charge in [-0.2, -0.15) is 0 Å². The number of carbonyl (C=O) groups excluding carboxylic acids is 5. The number of nitrogens with one attached hydrogen (secondary N) is 4. The molecule has 1 aliphatic carbocycles. The number of fused-ring (bicyclic) bond motifs is 1. The van der Waals surface area contributed by atoms with Crippen LogP contribution < -0.4 is 32.7 Å². The van der Waals surface area contributed by atoms with Crippen molar-refractivity contribution in [3.8, 4) is 0 Å². The van der Waals surface area contributed by atoms with Crippen LogP contribution in [-0.4, -0.2) is 56.5 Å². The van der Waals surface area contributed by atoms with Crippen molar-refractivity contribution in [2.45, 2.75) is 145 Å². The van der Waals surface area contributed by atoms with Crippen LogP contribution >= 0.6 is 67.8 Å². The molecule has 4 amide bonds. The van der Waals surface area contributed by atoms with E-state index < -0.39 is 34.3 Å². The Balaban J connectivity index is -0.000000551. The highest BCUT2D eigenvalue weighted by Gasteiger charge is 2.25. The average Bonchev–Trinajstić information content (AvgIpc) is 0.780. The quantitative estimate of drug-likeness (QED) is 0.0197. The number of halogens is 10. The molecular weight excluding hydrogens is 1680 g/mol. The lowest BCUT2D eigenvalue weighted by atomic mass is 9.86. The number of nitro groups is 1. The molecule has 0 aliphatic heterocycles. The number of anilines is 6. The highest BCUT2D eigenvalue weighted by Crippen LogP contribution is 2.33. The fourth-order valence-corrected chi connectivity index (χ4v) is 9.92. The highest BCUT2D eigenvalue weighted by atomic mass is 127. The summed E-state index contributed by atoms with van der Waals surface area (Å²) < 4.78 is 94.7. The summed E-state index contributed by atoms with van der Waals surface area (Å²) in [7, 11) is 0. The summed E-state index contributed by atoms with van der Waals surface area (Å²) in [5.41, 5.74) is 19.0. The second-order valence-corrected chi connectivity index (χ2v) is 24.7. The number of nitrogens with zero attached hydrogens (tertiary/aromatic N) is 1. The standard InChI is InChI=1S/2C13H14FNO3.C13H14FNO2.C9H9FINO.2C7H7FIN.C7H6FNO2.5CH4/c2*1-8-10(4-3-5-13(17)18)6-11(7-12(8)14)15-9(2)16;1-7-9-4-3-5-12(17)13(9)11(6-10(7)14)15-8(2)16;1-5-8(10)3-7(4-9(5)11)12-6(2)13;2*1-4-6(8)2-5(10)3-7(4)9;1-5-2-3-6(9(10)11)4-7(5)8;;;;;/h2*3-4,6-7H,5H2,1-2H3,(H,15,16)(H,17,18);6H,3-5H2,1-2H3,(H,15,16);3-4H,1-2H3,(H,12,13);2*2-3H,10H2,1H3;2-4H,1H3;5*1H4/b2*4-3-;;;;;;;;;;. The number of rotatable bonds is 11. The summed E-state index contributed by atoms with van der Waals surface area (Å²) in [6.07, 6.45) is 7.55. The van der Waals surface area contributed by atoms with Crippen LogP contribution in [0.5, 0.6) is 0 Å². The minimum absolute atomic E-state index is 0. The van der Waals surface area contributed by atoms with Gasteiger partial charge in [0.1, 0.15) is 40.7 Å². The van der Waals surface area contributed by atoms with E-state index in [4.69, 9.17) is 21.7 Å². The van der Waals surface area contributed by atoms with Crippen LogP contribution in [-0.2, 0) is 35.2 Å². The van der Waals surface area contributed by atoms with Crippen LogP contribution in [0.25, 0.3) is 12.2 Å². The summed E-state index contributed by atoms with van der Waals surface area (Å²) in [5, 5.41) is 37.1. The van der Waals surface area contributed by atoms with E-state index in [1.54, 1.807) is 78.8 Å². The minimum Gasteiger partial charge on any atom is -0.481 e.